The first kappa shape index (κ1) is 28.9. The fourth-order valence-corrected chi connectivity index (χ4v) is 3.47. The van der Waals surface area contributed by atoms with Crippen LogP contribution in [0.5, 0.6) is 0 Å². The van der Waals surface area contributed by atoms with Gasteiger partial charge in [-0.1, -0.05) is 44.2 Å². The van der Waals surface area contributed by atoms with Crippen LogP contribution in [-0.4, -0.2) is 52.0 Å². The van der Waals surface area contributed by atoms with E-state index in [1.54, 1.807) is 18.3 Å². The minimum Gasteiger partial charge on any atom is -0.320 e. The van der Waals surface area contributed by atoms with E-state index in [-0.39, 0.29) is 5.82 Å². The van der Waals surface area contributed by atoms with Crippen molar-refractivity contribution in [3.05, 3.63) is 89.9 Å². The van der Waals surface area contributed by atoms with Gasteiger partial charge in [-0.25, -0.2) is 4.39 Å². The number of halogens is 1. The van der Waals surface area contributed by atoms with Crippen LogP contribution in [0.4, 0.5) is 4.39 Å². The smallest absolute Gasteiger partial charge is 0.193 e. The van der Waals surface area contributed by atoms with Gasteiger partial charge in [0, 0.05) is 17.1 Å². The molecule has 0 spiro atoms. The molecule has 8 nitrogen and oxygen atoms in total. The average Bonchev–Trinajstić information content (AvgIpc) is 3.42. The molecule has 3 heterocycles. The predicted molar refractivity (Wildman–Crippen MR) is 144 cm³/mol. The molecule has 3 aromatic heterocycles. The second-order valence-electron chi connectivity index (χ2n) is 7.63. The second kappa shape index (κ2) is 14.9. The van der Waals surface area contributed by atoms with Crippen LogP contribution in [0.15, 0.2) is 72.9 Å². The Hall–Kier alpha value is -4.37. The molecular formula is C28H31FN6O2. The largest absolute Gasteiger partial charge is 0.320 e. The van der Waals surface area contributed by atoms with Crippen molar-refractivity contribution < 1.29 is 14.0 Å². The van der Waals surface area contributed by atoms with Gasteiger partial charge in [0.1, 0.15) is 13.6 Å². The third-order valence-electron chi connectivity index (χ3n) is 5.42. The normalized spacial score (nSPS) is 10.8. The Labute approximate surface area is 215 Å². The number of carbonyl (C=O) groups is 2. The van der Waals surface area contributed by atoms with Gasteiger partial charge in [0.05, 0.1) is 11.2 Å². The summed E-state index contributed by atoms with van der Waals surface area (Å²) >= 11 is 0. The number of aromatic nitrogens is 5. The Morgan fingerprint density at radius 3 is 2.41 bits per heavy atom. The summed E-state index contributed by atoms with van der Waals surface area (Å²) in [5.74, 6) is 0.164. The molecule has 5 aromatic rings. The molecule has 2 aromatic carbocycles. The summed E-state index contributed by atoms with van der Waals surface area (Å²) in [6.45, 7) is 9.25. The lowest BCUT2D eigenvalue weighted by atomic mass is 10.1. The SMILES string of the molecule is C=O.C=O.CCNC.CCc1cccc(-c2ccc3nnc(C(F)c4ccc5ncccc5c4)n3n2)c1. The molecule has 9 heteroatoms. The quantitative estimate of drug-likeness (QED) is 0.368. The Balaban J connectivity index is 0.000000541. The lowest BCUT2D eigenvalue weighted by molar-refractivity contribution is -0.0987. The van der Waals surface area contributed by atoms with Crippen LogP contribution >= 0.6 is 0 Å². The molecule has 0 saturated heterocycles. The van der Waals surface area contributed by atoms with E-state index in [1.807, 2.05) is 63.1 Å². The fraction of sp³-hybridized carbons (Fsp3) is 0.214. The van der Waals surface area contributed by atoms with Crippen molar-refractivity contribution >= 4 is 30.1 Å². The Morgan fingerprint density at radius 2 is 1.70 bits per heavy atom. The van der Waals surface area contributed by atoms with Gasteiger partial charge in [0.15, 0.2) is 17.6 Å². The summed E-state index contributed by atoms with van der Waals surface area (Å²) in [4.78, 5) is 20.3. The van der Waals surface area contributed by atoms with Gasteiger partial charge in [-0.3, -0.25) is 4.98 Å². The summed E-state index contributed by atoms with van der Waals surface area (Å²) < 4.78 is 16.9. The highest BCUT2D eigenvalue weighted by molar-refractivity contribution is 5.79. The first-order valence-electron chi connectivity index (χ1n) is 11.7. The van der Waals surface area contributed by atoms with Gasteiger partial charge in [0.25, 0.3) is 0 Å². The molecule has 1 unspecified atom stereocenters. The molecule has 0 fully saturated rings. The first-order valence-corrected chi connectivity index (χ1v) is 11.7. The van der Waals surface area contributed by atoms with Gasteiger partial charge in [0.2, 0.25) is 0 Å². The summed E-state index contributed by atoms with van der Waals surface area (Å²) in [6.07, 6.45) is 1.22. The second-order valence-corrected chi connectivity index (χ2v) is 7.63. The maximum absolute atomic E-state index is 15.4. The standard InChI is InChI=1S/C23H18FN5.C3H9N.2CH2O/c1-2-15-5-3-6-16(13-15)20-10-11-21-26-27-23(29(21)28-20)22(24)18-8-9-19-17(14-18)7-4-12-25-19;1-3-4-2;2*1-2/h3-14,22H,2H2,1H3;4H,3H2,1-2H3;2*1H2. The first-order chi connectivity index (χ1) is 18.1. The van der Waals surface area contributed by atoms with Crippen molar-refractivity contribution in [3.63, 3.8) is 0 Å². The molecule has 1 atom stereocenters. The maximum Gasteiger partial charge on any atom is 0.193 e. The van der Waals surface area contributed by atoms with Crippen molar-refractivity contribution in [3.8, 4) is 11.3 Å². The molecule has 0 bridgehead atoms. The zero-order valence-electron chi connectivity index (χ0n) is 21.3. The van der Waals surface area contributed by atoms with E-state index in [1.165, 1.54) is 10.1 Å². The summed E-state index contributed by atoms with van der Waals surface area (Å²) in [5.41, 5.74) is 4.80. The Bertz CT molecular complexity index is 1400. The number of rotatable bonds is 5. The minimum absolute atomic E-state index is 0.164. The zero-order chi connectivity index (χ0) is 27.2. The van der Waals surface area contributed by atoms with Gasteiger partial charge >= 0.3 is 0 Å². The highest BCUT2D eigenvalue weighted by Crippen LogP contribution is 2.28. The number of alkyl halides is 1. The molecule has 1 N–H and O–H groups in total. The van der Waals surface area contributed by atoms with Crippen molar-refractivity contribution in [1.29, 1.82) is 0 Å². The molecule has 0 saturated carbocycles. The van der Waals surface area contributed by atoms with Gasteiger partial charge in [-0.05, 0) is 67.5 Å². The molecule has 192 valence electrons. The number of pyridine rings is 1. The molecule has 0 aliphatic heterocycles. The van der Waals surface area contributed by atoms with Crippen LogP contribution in [0.25, 0.3) is 27.8 Å². The van der Waals surface area contributed by atoms with E-state index in [2.05, 4.69) is 51.6 Å². The van der Waals surface area contributed by atoms with Crippen LogP contribution < -0.4 is 5.32 Å². The predicted octanol–water partition coefficient (Wildman–Crippen LogP) is 4.82. The third kappa shape index (κ3) is 7.08. The number of hydrogen-bond donors (Lipinski definition) is 1. The molecule has 0 amide bonds. The van der Waals surface area contributed by atoms with E-state index in [0.29, 0.717) is 11.2 Å². The highest BCUT2D eigenvalue weighted by atomic mass is 19.1. The maximum atomic E-state index is 15.4. The number of benzene rings is 2. The van der Waals surface area contributed by atoms with Crippen molar-refractivity contribution in [2.24, 2.45) is 0 Å². The molecule has 0 radical (unpaired) electrons. The average molecular weight is 503 g/mol. The Kier molecular flexibility index (Phi) is 11.6. The Morgan fingerprint density at radius 1 is 0.946 bits per heavy atom. The van der Waals surface area contributed by atoms with E-state index in [9.17, 15) is 0 Å². The van der Waals surface area contributed by atoms with E-state index < -0.39 is 6.17 Å². The van der Waals surface area contributed by atoms with Crippen molar-refractivity contribution in [2.45, 2.75) is 26.4 Å². The number of nitrogens with one attached hydrogen (secondary N) is 1. The van der Waals surface area contributed by atoms with Gasteiger partial charge < -0.3 is 14.9 Å². The molecule has 0 aliphatic carbocycles. The van der Waals surface area contributed by atoms with Crippen LogP contribution in [0.2, 0.25) is 0 Å². The lowest BCUT2D eigenvalue weighted by Gasteiger charge is -2.09. The number of hydrogen-bond acceptors (Lipinski definition) is 7. The van der Waals surface area contributed by atoms with Crippen LogP contribution in [0, 0.1) is 0 Å². The summed E-state index contributed by atoms with van der Waals surface area (Å²) in [5, 5.41) is 16.6. The molecule has 5 rings (SSSR count). The van der Waals surface area contributed by atoms with E-state index in [4.69, 9.17) is 9.59 Å². The van der Waals surface area contributed by atoms with Gasteiger partial charge in [-0.2, -0.15) is 9.61 Å². The zero-order valence-corrected chi connectivity index (χ0v) is 21.3. The summed E-state index contributed by atoms with van der Waals surface area (Å²) in [7, 11) is 1.93. The molecular weight excluding hydrogens is 471 g/mol. The third-order valence-corrected chi connectivity index (χ3v) is 5.42. The minimum atomic E-state index is -1.45. The van der Waals surface area contributed by atoms with Crippen LogP contribution in [-0.2, 0) is 16.0 Å². The van der Waals surface area contributed by atoms with Crippen molar-refractivity contribution in [1.82, 2.24) is 30.1 Å². The number of fused-ring (bicyclic) bond motifs is 2. The lowest BCUT2D eigenvalue weighted by Crippen LogP contribution is -2.05. The fourth-order valence-electron chi connectivity index (χ4n) is 3.47. The van der Waals surface area contributed by atoms with E-state index in [0.717, 1.165) is 35.1 Å². The molecule has 37 heavy (non-hydrogen) atoms. The number of carbonyl (C=O) groups excluding carboxylic acids is 2. The molecule has 0 aliphatic rings. The van der Waals surface area contributed by atoms with Crippen LogP contribution in [0.3, 0.4) is 0 Å². The van der Waals surface area contributed by atoms with Gasteiger partial charge in [-0.15, -0.1) is 10.2 Å². The summed E-state index contributed by atoms with van der Waals surface area (Å²) in [6, 6.07) is 21.0. The van der Waals surface area contributed by atoms with Crippen molar-refractivity contribution in [2.75, 3.05) is 13.6 Å². The topological polar surface area (TPSA) is 102 Å². The van der Waals surface area contributed by atoms with E-state index >= 15 is 4.39 Å². The number of nitrogens with zero attached hydrogens (tertiary/aromatic N) is 5. The monoisotopic (exact) mass is 502 g/mol. The highest BCUT2D eigenvalue weighted by Gasteiger charge is 2.21. The van der Waals surface area contributed by atoms with Crippen LogP contribution in [0.1, 0.15) is 37.0 Å². The number of aryl methyl sites for hydroxylation is 1.